The van der Waals surface area contributed by atoms with E-state index in [-0.39, 0.29) is 23.7 Å². The summed E-state index contributed by atoms with van der Waals surface area (Å²) in [6.45, 7) is 1.87. The molecule has 0 aliphatic carbocycles. The van der Waals surface area contributed by atoms with E-state index in [1.807, 2.05) is 18.2 Å². The molecule has 2 N–H and O–H groups in total. The van der Waals surface area contributed by atoms with Crippen molar-refractivity contribution in [2.24, 2.45) is 0 Å². The first-order valence-corrected chi connectivity index (χ1v) is 8.44. The molecule has 1 heterocycles. The van der Waals surface area contributed by atoms with Crippen LogP contribution in [0.4, 0.5) is 20.3 Å². The molecule has 6 nitrogen and oxygen atoms in total. The highest BCUT2D eigenvalue weighted by molar-refractivity contribution is 5.93. The molecule has 0 atom stereocenters. The van der Waals surface area contributed by atoms with E-state index in [9.17, 15) is 13.6 Å². The van der Waals surface area contributed by atoms with Gasteiger partial charge in [-0.15, -0.1) is 0 Å². The molecule has 1 amide bonds. The average Bonchev–Trinajstić information content (AvgIpc) is 2.68. The lowest BCUT2D eigenvalue weighted by atomic mass is 10.2. The molecule has 0 aliphatic heterocycles. The maximum Gasteiger partial charge on any atom is 0.270 e. The number of carbonyl (C=O) groups excluding carboxylic acids is 1. The number of methoxy groups -OCH3 is 1. The van der Waals surface area contributed by atoms with Gasteiger partial charge in [-0.1, -0.05) is 18.2 Å². The number of nitrogens with one attached hydrogen (secondary N) is 2. The summed E-state index contributed by atoms with van der Waals surface area (Å²) in [7, 11) is 1.56. The molecule has 8 heteroatoms. The molecule has 0 saturated heterocycles. The molecule has 1 aromatic heterocycles. The van der Waals surface area contributed by atoms with Crippen molar-refractivity contribution >= 4 is 17.4 Å². The number of hydrogen-bond donors (Lipinski definition) is 2. The van der Waals surface area contributed by atoms with Crippen LogP contribution in [0.1, 0.15) is 21.9 Å². The fourth-order valence-corrected chi connectivity index (χ4v) is 2.59. The maximum atomic E-state index is 13.8. The topological polar surface area (TPSA) is 76.1 Å². The van der Waals surface area contributed by atoms with Gasteiger partial charge < -0.3 is 15.4 Å². The Morgan fingerprint density at radius 1 is 1.11 bits per heavy atom. The van der Waals surface area contributed by atoms with E-state index < -0.39 is 17.5 Å². The number of nitrogens with zero attached hydrogens (tertiary/aromatic N) is 2. The number of rotatable bonds is 6. The first-order chi connectivity index (χ1) is 13.5. The standard InChI is InChI=1S/C20H18F2N4O2/c1-12-24-17(20(27)23-11-13-5-3-4-6-18(13)28-2)10-19(25-12)26-16-8-7-14(21)9-15(16)22/h3-10H,11H2,1-2H3,(H,23,27)(H,24,25,26). The number of halogens is 2. The van der Waals surface area contributed by atoms with Crippen LogP contribution in [0.2, 0.25) is 0 Å². The van der Waals surface area contributed by atoms with Gasteiger partial charge in [-0.2, -0.15) is 0 Å². The smallest absolute Gasteiger partial charge is 0.270 e. The monoisotopic (exact) mass is 384 g/mol. The Labute approximate surface area is 160 Å². The predicted octanol–water partition coefficient (Wildman–Crippen LogP) is 3.75. The number of aryl methyl sites for hydroxylation is 1. The molecule has 144 valence electrons. The second-order valence-electron chi connectivity index (χ2n) is 5.93. The number of amides is 1. The van der Waals surface area contributed by atoms with Crippen molar-refractivity contribution in [3.05, 3.63) is 77.2 Å². The SMILES string of the molecule is COc1ccccc1CNC(=O)c1cc(Nc2ccc(F)cc2F)nc(C)n1. The van der Waals surface area contributed by atoms with E-state index in [4.69, 9.17) is 4.74 Å². The summed E-state index contributed by atoms with van der Waals surface area (Å²) in [4.78, 5) is 20.7. The maximum absolute atomic E-state index is 13.8. The van der Waals surface area contributed by atoms with Gasteiger partial charge in [0.2, 0.25) is 0 Å². The first kappa shape index (κ1) is 19.2. The van der Waals surface area contributed by atoms with E-state index in [1.165, 1.54) is 12.1 Å². The van der Waals surface area contributed by atoms with Crippen molar-refractivity contribution in [1.82, 2.24) is 15.3 Å². The summed E-state index contributed by atoms with van der Waals surface area (Å²) < 4.78 is 32.1. The van der Waals surface area contributed by atoms with Gasteiger partial charge in [0.15, 0.2) is 0 Å². The second-order valence-corrected chi connectivity index (χ2v) is 5.93. The minimum absolute atomic E-state index is 0.0416. The summed E-state index contributed by atoms with van der Waals surface area (Å²) in [5.41, 5.74) is 0.975. The average molecular weight is 384 g/mol. The van der Waals surface area contributed by atoms with Crippen LogP contribution in [0.3, 0.4) is 0 Å². The second kappa shape index (κ2) is 8.43. The number of hydrogen-bond acceptors (Lipinski definition) is 5. The Morgan fingerprint density at radius 2 is 1.89 bits per heavy atom. The molecule has 2 aromatic carbocycles. The van der Waals surface area contributed by atoms with Crippen molar-refractivity contribution in [3.63, 3.8) is 0 Å². The first-order valence-electron chi connectivity index (χ1n) is 8.44. The fourth-order valence-electron chi connectivity index (χ4n) is 2.59. The van der Waals surface area contributed by atoms with Gasteiger partial charge in [-0.05, 0) is 25.1 Å². The Morgan fingerprint density at radius 3 is 2.64 bits per heavy atom. The van der Waals surface area contributed by atoms with Crippen molar-refractivity contribution in [3.8, 4) is 5.75 Å². The van der Waals surface area contributed by atoms with Gasteiger partial charge in [0, 0.05) is 24.2 Å². The van der Waals surface area contributed by atoms with Gasteiger partial charge >= 0.3 is 0 Å². The molecule has 28 heavy (non-hydrogen) atoms. The predicted molar refractivity (Wildman–Crippen MR) is 101 cm³/mol. The van der Waals surface area contributed by atoms with Crippen LogP contribution >= 0.6 is 0 Å². The van der Waals surface area contributed by atoms with Crippen molar-refractivity contribution in [2.75, 3.05) is 12.4 Å². The number of ether oxygens (including phenoxy) is 1. The molecule has 0 radical (unpaired) electrons. The van der Waals surface area contributed by atoms with Gasteiger partial charge in [-0.25, -0.2) is 18.7 Å². The van der Waals surface area contributed by atoms with Crippen LogP contribution < -0.4 is 15.4 Å². The molecule has 0 aliphatic rings. The van der Waals surface area contributed by atoms with E-state index in [0.29, 0.717) is 11.6 Å². The number of carbonyl (C=O) groups is 1. The zero-order chi connectivity index (χ0) is 20.1. The summed E-state index contributed by atoms with van der Waals surface area (Å²) >= 11 is 0. The van der Waals surface area contributed by atoms with E-state index >= 15 is 0 Å². The van der Waals surface area contributed by atoms with Gasteiger partial charge in [-0.3, -0.25) is 4.79 Å². The number of benzene rings is 2. The van der Waals surface area contributed by atoms with Crippen molar-refractivity contribution in [1.29, 1.82) is 0 Å². The van der Waals surface area contributed by atoms with Crippen molar-refractivity contribution in [2.45, 2.75) is 13.5 Å². The molecule has 0 spiro atoms. The molecule has 0 bridgehead atoms. The van der Waals surface area contributed by atoms with Gasteiger partial charge in [0.1, 0.15) is 34.7 Å². The van der Waals surface area contributed by atoms with Crippen LogP contribution in [-0.2, 0) is 6.54 Å². The number of para-hydroxylation sites is 1. The Kier molecular flexibility index (Phi) is 5.78. The molecule has 3 rings (SSSR count). The summed E-state index contributed by atoms with van der Waals surface area (Å²) in [6.07, 6.45) is 0. The molecule has 0 unspecified atom stereocenters. The Hall–Kier alpha value is -3.55. The fraction of sp³-hybridized carbons (Fsp3) is 0.150. The third kappa shape index (κ3) is 4.59. The molecule has 3 aromatic rings. The van der Waals surface area contributed by atoms with Crippen LogP contribution in [0.5, 0.6) is 5.75 Å². The van der Waals surface area contributed by atoms with E-state index in [1.54, 1.807) is 20.1 Å². The largest absolute Gasteiger partial charge is 0.496 e. The molecular formula is C20H18F2N4O2. The van der Waals surface area contributed by atoms with Crippen LogP contribution in [0, 0.1) is 18.6 Å². The summed E-state index contributed by atoms with van der Waals surface area (Å²) in [5, 5.41) is 5.50. The third-order valence-electron chi connectivity index (χ3n) is 3.90. The molecule has 0 fully saturated rings. The lowest BCUT2D eigenvalue weighted by Gasteiger charge is -2.11. The van der Waals surface area contributed by atoms with E-state index in [2.05, 4.69) is 20.6 Å². The van der Waals surface area contributed by atoms with Crippen molar-refractivity contribution < 1.29 is 18.3 Å². The lowest BCUT2D eigenvalue weighted by Crippen LogP contribution is -2.24. The zero-order valence-electron chi connectivity index (χ0n) is 15.3. The van der Waals surface area contributed by atoms with Gasteiger partial charge in [0.05, 0.1) is 12.8 Å². The lowest BCUT2D eigenvalue weighted by molar-refractivity contribution is 0.0945. The highest BCUT2D eigenvalue weighted by atomic mass is 19.1. The minimum Gasteiger partial charge on any atom is -0.496 e. The summed E-state index contributed by atoms with van der Waals surface area (Å²) in [5.74, 6) is -0.651. The molecular weight excluding hydrogens is 366 g/mol. The number of aromatic nitrogens is 2. The summed E-state index contributed by atoms with van der Waals surface area (Å²) in [6, 6.07) is 11.9. The van der Waals surface area contributed by atoms with Crippen LogP contribution in [-0.4, -0.2) is 23.0 Å². The van der Waals surface area contributed by atoms with Crippen LogP contribution in [0.15, 0.2) is 48.5 Å². The van der Waals surface area contributed by atoms with Gasteiger partial charge in [0.25, 0.3) is 5.91 Å². The quantitative estimate of drug-likeness (QED) is 0.677. The molecule has 0 saturated carbocycles. The zero-order valence-corrected chi connectivity index (χ0v) is 15.3. The Balaban J connectivity index is 1.76. The highest BCUT2D eigenvalue weighted by Crippen LogP contribution is 2.20. The highest BCUT2D eigenvalue weighted by Gasteiger charge is 2.13. The number of anilines is 2. The van der Waals surface area contributed by atoms with Crippen LogP contribution in [0.25, 0.3) is 0 Å². The third-order valence-corrected chi connectivity index (χ3v) is 3.90. The van der Waals surface area contributed by atoms with E-state index in [0.717, 1.165) is 17.7 Å². The Bertz CT molecular complexity index is 1010. The minimum atomic E-state index is -0.765. The normalized spacial score (nSPS) is 10.4.